The number of hydrogen-bond donors (Lipinski definition) is 2. The first kappa shape index (κ1) is 11.8. The topological polar surface area (TPSA) is 63.3 Å². The van der Waals surface area contributed by atoms with Gasteiger partial charge in [-0.1, -0.05) is 11.6 Å². The fourth-order valence-electron chi connectivity index (χ4n) is 1.11. The minimum absolute atomic E-state index is 0.300. The van der Waals surface area contributed by atoms with Gasteiger partial charge in [0.1, 0.15) is 11.6 Å². The highest BCUT2D eigenvalue weighted by Gasteiger charge is 2.00. The SMILES string of the molecule is Nc1csc(NN=Cc2cc(Cl)ccc2F)n1. The lowest BCUT2D eigenvalue weighted by molar-refractivity contribution is 0.626. The van der Waals surface area contributed by atoms with Crippen LogP contribution in [0, 0.1) is 5.82 Å². The molecule has 0 radical (unpaired) electrons. The number of nitrogen functional groups attached to an aromatic ring is 1. The summed E-state index contributed by atoms with van der Waals surface area (Å²) in [5.41, 5.74) is 8.38. The normalized spacial score (nSPS) is 10.9. The molecule has 0 aliphatic rings. The minimum atomic E-state index is -0.390. The molecule has 0 fully saturated rings. The van der Waals surface area contributed by atoms with Crippen molar-refractivity contribution in [3.63, 3.8) is 0 Å². The molecule has 2 rings (SSSR count). The van der Waals surface area contributed by atoms with Crippen molar-refractivity contribution in [3.8, 4) is 0 Å². The zero-order chi connectivity index (χ0) is 12.3. The summed E-state index contributed by atoms with van der Waals surface area (Å²) in [5, 5.41) is 6.52. The monoisotopic (exact) mass is 270 g/mol. The Balaban J connectivity index is 2.07. The maximum Gasteiger partial charge on any atom is 0.205 e. The fraction of sp³-hybridized carbons (Fsp3) is 0. The number of hydrogen-bond acceptors (Lipinski definition) is 5. The number of halogens is 2. The fourth-order valence-corrected chi connectivity index (χ4v) is 1.84. The number of nitrogens with zero attached hydrogens (tertiary/aromatic N) is 2. The number of nitrogens with two attached hydrogens (primary N) is 1. The number of rotatable bonds is 3. The number of nitrogens with one attached hydrogen (secondary N) is 1. The quantitative estimate of drug-likeness (QED) is 0.666. The Labute approximate surface area is 106 Å². The number of hydrazone groups is 1. The molecule has 0 saturated carbocycles. The molecule has 3 N–H and O–H groups in total. The number of anilines is 2. The molecule has 2 aromatic rings. The van der Waals surface area contributed by atoms with Crippen molar-refractivity contribution in [3.05, 3.63) is 40.0 Å². The Kier molecular flexibility index (Phi) is 3.55. The summed E-state index contributed by atoms with van der Waals surface area (Å²) in [7, 11) is 0. The van der Waals surface area contributed by atoms with Crippen molar-refractivity contribution in [2.75, 3.05) is 11.2 Å². The smallest absolute Gasteiger partial charge is 0.205 e. The van der Waals surface area contributed by atoms with E-state index in [0.717, 1.165) is 0 Å². The third kappa shape index (κ3) is 3.15. The molecule has 17 heavy (non-hydrogen) atoms. The van der Waals surface area contributed by atoms with Crippen molar-refractivity contribution < 1.29 is 4.39 Å². The van der Waals surface area contributed by atoms with Crippen LogP contribution < -0.4 is 11.2 Å². The van der Waals surface area contributed by atoms with Crippen molar-refractivity contribution in [1.82, 2.24) is 4.98 Å². The van der Waals surface area contributed by atoms with Gasteiger partial charge in [0.25, 0.3) is 0 Å². The third-order valence-corrected chi connectivity index (χ3v) is 2.84. The van der Waals surface area contributed by atoms with Crippen molar-refractivity contribution in [2.45, 2.75) is 0 Å². The summed E-state index contributed by atoms with van der Waals surface area (Å²) in [6, 6.07) is 4.24. The second-order valence-corrected chi connectivity index (χ2v) is 4.41. The van der Waals surface area contributed by atoms with Gasteiger partial charge in [-0.05, 0) is 18.2 Å². The molecule has 0 atom stereocenters. The van der Waals surface area contributed by atoms with E-state index in [-0.39, 0.29) is 0 Å². The molecular formula is C10H8ClFN4S. The lowest BCUT2D eigenvalue weighted by Gasteiger charge is -1.97. The van der Waals surface area contributed by atoms with E-state index >= 15 is 0 Å². The van der Waals surface area contributed by atoms with E-state index in [1.54, 1.807) is 5.38 Å². The maximum absolute atomic E-state index is 13.3. The van der Waals surface area contributed by atoms with Crippen LogP contribution in [0.1, 0.15) is 5.56 Å². The van der Waals surface area contributed by atoms with Gasteiger partial charge in [0.2, 0.25) is 5.13 Å². The molecule has 0 saturated heterocycles. The van der Waals surface area contributed by atoms with Crippen LogP contribution in [0.2, 0.25) is 5.02 Å². The standard InChI is InChI=1S/C10H8ClFN4S/c11-7-1-2-8(12)6(3-7)4-14-16-10-15-9(13)5-17-10/h1-5H,13H2,(H,15,16). The molecule has 0 unspecified atom stereocenters. The molecule has 0 amide bonds. The molecule has 0 spiro atoms. The summed E-state index contributed by atoms with van der Waals surface area (Å²) >= 11 is 7.05. The van der Waals surface area contributed by atoms with E-state index in [4.69, 9.17) is 17.3 Å². The summed E-state index contributed by atoms with van der Waals surface area (Å²) in [6.07, 6.45) is 1.33. The molecule has 1 aromatic heterocycles. The van der Waals surface area contributed by atoms with E-state index in [1.807, 2.05) is 0 Å². The van der Waals surface area contributed by atoms with Gasteiger partial charge in [-0.15, -0.1) is 11.3 Å². The van der Waals surface area contributed by atoms with Crippen LogP contribution in [0.5, 0.6) is 0 Å². The molecule has 7 heteroatoms. The largest absolute Gasteiger partial charge is 0.383 e. The first-order valence-corrected chi connectivity index (χ1v) is 5.86. The Morgan fingerprint density at radius 2 is 2.35 bits per heavy atom. The molecule has 0 aliphatic carbocycles. The van der Waals surface area contributed by atoms with Crippen molar-refractivity contribution >= 4 is 40.1 Å². The minimum Gasteiger partial charge on any atom is -0.383 e. The lowest BCUT2D eigenvalue weighted by Crippen LogP contribution is -1.93. The van der Waals surface area contributed by atoms with Gasteiger partial charge in [-0.3, -0.25) is 5.43 Å². The Hall–Kier alpha value is -1.66. The first-order valence-electron chi connectivity index (χ1n) is 4.60. The average Bonchev–Trinajstić information content (AvgIpc) is 2.69. The second-order valence-electron chi connectivity index (χ2n) is 3.11. The second kappa shape index (κ2) is 5.11. The van der Waals surface area contributed by atoms with E-state index in [0.29, 0.717) is 21.5 Å². The summed E-state index contributed by atoms with van der Waals surface area (Å²) in [5.74, 6) is 0.0280. The molecule has 1 heterocycles. The molecular weight excluding hydrogens is 263 g/mol. The van der Waals surface area contributed by atoms with Crippen LogP contribution in [0.25, 0.3) is 0 Å². The van der Waals surface area contributed by atoms with Gasteiger partial charge >= 0.3 is 0 Å². The summed E-state index contributed by atoms with van der Waals surface area (Å²) in [4.78, 5) is 3.93. The summed E-state index contributed by atoms with van der Waals surface area (Å²) < 4.78 is 13.3. The van der Waals surface area contributed by atoms with Crippen LogP contribution in [-0.2, 0) is 0 Å². The van der Waals surface area contributed by atoms with Gasteiger partial charge in [-0.2, -0.15) is 5.10 Å². The predicted octanol–water partition coefficient (Wildman–Crippen LogP) is 2.96. The van der Waals surface area contributed by atoms with Gasteiger partial charge in [0.15, 0.2) is 0 Å². The van der Waals surface area contributed by atoms with Crippen molar-refractivity contribution in [1.29, 1.82) is 0 Å². The van der Waals surface area contributed by atoms with Crippen LogP contribution in [-0.4, -0.2) is 11.2 Å². The molecule has 0 bridgehead atoms. The van der Waals surface area contributed by atoms with E-state index in [9.17, 15) is 4.39 Å². The molecule has 1 aromatic carbocycles. The highest BCUT2D eigenvalue weighted by atomic mass is 35.5. The van der Waals surface area contributed by atoms with Crippen molar-refractivity contribution in [2.24, 2.45) is 5.10 Å². The number of benzene rings is 1. The molecule has 0 aliphatic heterocycles. The van der Waals surface area contributed by atoms with Gasteiger partial charge in [-0.25, -0.2) is 9.37 Å². The van der Waals surface area contributed by atoms with Crippen LogP contribution in [0.4, 0.5) is 15.3 Å². The van der Waals surface area contributed by atoms with E-state index in [2.05, 4.69) is 15.5 Å². The van der Waals surface area contributed by atoms with Gasteiger partial charge in [0, 0.05) is 16.0 Å². The molecule has 88 valence electrons. The lowest BCUT2D eigenvalue weighted by atomic mass is 10.2. The summed E-state index contributed by atoms with van der Waals surface area (Å²) in [6.45, 7) is 0. The van der Waals surface area contributed by atoms with E-state index in [1.165, 1.54) is 35.8 Å². The van der Waals surface area contributed by atoms with Crippen LogP contribution >= 0.6 is 22.9 Å². The van der Waals surface area contributed by atoms with E-state index < -0.39 is 5.82 Å². The molecule has 4 nitrogen and oxygen atoms in total. The predicted molar refractivity (Wildman–Crippen MR) is 69.2 cm³/mol. The van der Waals surface area contributed by atoms with Crippen LogP contribution in [0.3, 0.4) is 0 Å². The Morgan fingerprint density at radius 3 is 3.06 bits per heavy atom. The highest BCUT2D eigenvalue weighted by molar-refractivity contribution is 7.14. The Bertz CT molecular complexity index is 555. The third-order valence-electron chi connectivity index (χ3n) is 1.84. The van der Waals surface area contributed by atoms with Crippen LogP contribution in [0.15, 0.2) is 28.7 Å². The zero-order valence-electron chi connectivity index (χ0n) is 8.52. The first-order chi connectivity index (χ1) is 8.15. The number of aromatic nitrogens is 1. The zero-order valence-corrected chi connectivity index (χ0v) is 10.1. The highest BCUT2D eigenvalue weighted by Crippen LogP contribution is 2.16. The maximum atomic E-state index is 13.3. The van der Waals surface area contributed by atoms with Gasteiger partial charge in [0.05, 0.1) is 6.21 Å². The average molecular weight is 271 g/mol. The van der Waals surface area contributed by atoms with Gasteiger partial charge < -0.3 is 5.73 Å². The number of thiazole rings is 1. The Morgan fingerprint density at radius 1 is 1.53 bits per heavy atom.